The van der Waals surface area contributed by atoms with Gasteiger partial charge in [0.25, 0.3) is 0 Å². The fraction of sp³-hybridized carbons (Fsp3) is 0.667. The molecule has 1 aliphatic heterocycles. The van der Waals surface area contributed by atoms with Crippen LogP contribution in [0.4, 0.5) is 0 Å². The zero-order valence-electron chi connectivity index (χ0n) is 10.5. The van der Waals surface area contributed by atoms with Gasteiger partial charge in [-0.3, -0.25) is 9.59 Å². The zero-order chi connectivity index (χ0) is 12.8. The number of hydrogen-bond acceptors (Lipinski definition) is 3. The van der Waals surface area contributed by atoms with Gasteiger partial charge >= 0.3 is 0 Å². The number of rotatable bonds is 3. The van der Waals surface area contributed by atoms with E-state index in [9.17, 15) is 9.59 Å². The van der Waals surface area contributed by atoms with Crippen LogP contribution in [-0.4, -0.2) is 42.4 Å². The van der Waals surface area contributed by atoms with Gasteiger partial charge in [-0.05, 0) is 26.2 Å². The highest BCUT2D eigenvalue weighted by molar-refractivity contribution is 5.92. The SMILES string of the molecule is CC(N)/C=C/C(=O)N(C)C1CCCCNC1=O. The molecule has 1 aliphatic rings. The summed E-state index contributed by atoms with van der Waals surface area (Å²) < 4.78 is 0. The smallest absolute Gasteiger partial charge is 0.246 e. The highest BCUT2D eigenvalue weighted by Gasteiger charge is 2.26. The van der Waals surface area contributed by atoms with E-state index < -0.39 is 0 Å². The van der Waals surface area contributed by atoms with Gasteiger partial charge in [0, 0.05) is 25.7 Å². The van der Waals surface area contributed by atoms with Gasteiger partial charge in [-0.15, -0.1) is 0 Å². The van der Waals surface area contributed by atoms with E-state index in [0.717, 1.165) is 19.3 Å². The van der Waals surface area contributed by atoms with E-state index in [0.29, 0.717) is 6.54 Å². The Balaban J connectivity index is 2.63. The van der Waals surface area contributed by atoms with Crippen molar-refractivity contribution in [2.24, 2.45) is 5.73 Å². The molecule has 5 heteroatoms. The number of carbonyl (C=O) groups excluding carboxylic acids is 2. The Morgan fingerprint density at radius 2 is 2.29 bits per heavy atom. The molecular formula is C12H21N3O2. The third-order valence-corrected chi connectivity index (χ3v) is 2.86. The van der Waals surface area contributed by atoms with Gasteiger partial charge in [-0.2, -0.15) is 0 Å². The van der Waals surface area contributed by atoms with Gasteiger partial charge in [-0.1, -0.05) is 6.08 Å². The first kappa shape index (κ1) is 13.7. The molecule has 0 aliphatic carbocycles. The molecule has 2 atom stereocenters. The van der Waals surface area contributed by atoms with Crippen molar-refractivity contribution in [1.82, 2.24) is 10.2 Å². The second-order valence-corrected chi connectivity index (χ2v) is 4.47. The maximum atomic E-state index is 11.8. The van der Waals surface area contributed by atoms with E-state index in [1.807, 2.05) is 0 Å². The Kier molecular flexibility index (Phi) is 5.15. The molecule has 96 valence electrons. The molecular weight excluding hydrogens is 218 g/mol. The molecule has 2 amide bonds. The van der Waals surface area contributed by atoms with Crippen molar-refractivity contribution >= 4 is 11.8 Å². The maximum absolute atomic E-state index is 11.8. The minimum absolute atomic E-state index is 0.0625. The molecule has 1 rings (SSSR count). The standard InChI is InChI=1S/C12H21N3O2/c1-9(13)6-7-11(16)15(2)10-5-3-4-8-14-12(10)17/h6-7,9-10H,3-5,8,13H2,1-2H3,(H,14,17)/b7-6+. The summed E-state index contributed by atoms with van der Waals surface area (Å²) in [4.78, 5) is 25.0. The summed E-state index contributed by atoms with van der Waals surface area (Å²) in [6.07, 6.45) is 5.72. The molecule has 1 saturated heterocycles. The van der Waals surface area contributed by atoms with Crippen LogP contribution in [0, 0.1) is 0 Å². The molecule has 0 saturated carbocycles. The molecule has 17 heavy (non-hydrogen) atoms. The van der Waals surface area contributed by atoms with Crippen LogP contribution in [0.1, 0.15) is 26.2 Å². The lowest BCUT2D eigenvalue weighted by atomic mass is 10.1. The lowest BCUT2D eigenvalue weighted by Gasteiger charge is -2.24. The normalized spacial score (nSPS) is 23.0. The van der Waals surface area contributed by atoms with Crippen molar-refractivity contribution in [3.8, 4) is 0 Å². The maximum Gasteiger partial charge on any atom is 0.246 e. The van der Waals surface area contributed by atoms with Crippen LogP contribution in [0.5, 0.6) is 0 Å². The molecule has 0 bridgehead atoms. The van der Waals surface area contributed by atoms with E-state index >= 15 is 0 Å². The predicted octanol–water partition coefficient (Wildman–Crippen LogP) is 0.0169. The second kappa shape index (κ2) is 6.39. The first-order chi connectivity index (χ1) is 8.02. The van der Waals surface area contributed by atoms with Gasteiger partial charge in [-0.25, -0.2) is 0 Å². The van der Waals surface area contributed by atoms with Gasteiger partial charge in [0.15, 0.2) is 0 Å². The summed E-state index contributed by atoms with van der Waals surface area (Å²) in [5.41, 5.74) is 5.53. The summed E-state index contributed by atoms with van der Waals surface area (Å²) in [7, 11) is 1.66. The molecule has 1 fully saturated rings. The van der Waals surface area contributed by atoms with Crippen LogP contribution in [0.2, 0.25) is 0 Å². The quantitative estimate of drug-likeness (QED) is 0.682. The molecule has 0 aromatic carbocycles. The topological polar surface area (TPSA) is 75.4 Å². The van der Waals surface area contributed by atoms with Crippen LogP contribution >= 0.6 is 0 Å². The van der Waals surface area contributed by atoms with E-state index in [4.69, 9.17) is 5.73 Å². The number of likely N-dealkylation sites (N-methyl/N-ethyl adjacent to an activating group) is 1. The Morgan fingerprint density at radius 3 is 2.94 bits per heavy atom. The third kappa shape index (κ3) is 4.19. The average molecular weight is 239 g/mol. The fourth-order valence-corrected chi connectivity index (χ4v) is 1.80. The number of amides is 2. The van der Waals surface area contributed by atoms with Crippen LogP contribution in [-0.2, 0) is 9.59 Å². The third-order valence-electron chi connectivity index (χ3n) is 2.86. The summed E-state index contributed by atoms with van der Waals surface area (Å²) in [5, 5.41) is 2.81. The fourth-order valence-electron chi connectivity index (χ4n) is 1.80. The second-order valence-electron chi connectivity index (χ2n) is 4.47. The Hall–Kier alpha value is -1.36. The molecule has 0 aromatic heterocycles. The van der Waals surface area contributed by atoms with Gasteiger partial charge in [0.1, 0.15) is 6.04 Å². The molecule has 5 nitrogen and oxygen atoms in total. The first-order valence-corrected chi connectivity index (χ1v) is 6.00. The molecule has 2 unspecified atom stereocenters. The van der Waals surface area contributed by atoms with Crippen LogP contribution in [0.3, 0.4) is 0 Å². The minimum Gasteiger partial charge on any atom is -0.354 e. The first-order valence-electron chi connectivity index (χ1n) is 6.00. The van der Waals surface area contributed by atoms with Crippen molar-refractivity contribution in [2.45, 2.75) is 38.3 Å². The van der Waals surface area contributed by atoms with E-state index in [1.165, 1.54) is 11.0 Å². The summed E-state index contributed by atoms with van der Waals surface area (Å²) >= 11 is 0. The van der Waals surface area contributed by atoms with Gasteiger partial charge in [0.2, 0.25) is 11.8 Å². The van der Waals surface area contributed by atoms with E-state index in [1.54, 1.807) is 20.0 Å². The van der Waals surface area contributed by atoms with Crippen LogP contribution < -0.4 is 11.1 Å². The van der Waals surface area contributed by atoms with E-state index in [2.05, 4.69) is 5.32 Å². The molecule has 3 N–H and O–H groups in total. The highest BCUT2D eigenvalue weighted by atomic mass is 16.2. The lowest BCUT2D eigenvalue weighted by molar-refractivity contribution is -0.135. The molecule has 1 heterocycles. The number of nitrogens with one attached hydrogen (secondary N) is 1. The predicted molar refractivity (Wildman–Crippen MR) is 66.2 cm³/mol. The van der Waals surface area contributed by atoms with Gasteiger partial charge < -0.3 is 16.0 Å². The van der Waals surface area contributed by atoms with Crippen molar-refractivity contribution in [3.05, 3.63) is 12.2 Å². The largest absolute Gasteiger partial charge is 0.354 e. The zero-order valence-corrected chi connectivity index (χ0v) is 10.5. The van der Waals surface area contributed by atoms with E-state index in [-0.39, 0.29) is 23.9 Å². The number of nitrogens with zero attached hydrogens (tertiary/aromatic N) is 1. The van der Waals surface area contributed by atoms with Crippen molar-refractivity contribution in [1.29, 1.82) is 0 Å². The summed E-state index contributed by atoms with van der Waals surface area (Å²) in [6, 6.07) is -0.516. The van der Waals surface area contributed by atoms with Crippen LogP contribution in [0.25, 0.3) is 0 Å². The number of hydrogen-bond donors (Lipinski definition) is 2. The van der Waals surface area contributed by atoms with Gasteiger partial charge in [0.05, 0.1) is 0 Å². The highest BCUT2D eigenvalue weighted by Crippen LogP contribution is 2.11. The Bertz CT molecular complexity index is 313. The monoisotopic (exact) mass is 239 g/mol. The van der Waals surface area contributed by atoms with Crippen molar-refractivity contribution < 1.29 is 9.59 Å². The van der Waals surface area contributed by atoms with Crippen molar-refractivity contribution in [3.63, 3.8) is 0 Å². The number of carbonyl (C=O) groups is 2. The van der Waals surface area contributed by atoms with Crippen molar-refractivity contribution in [2.75, 3.05) is 13.6 Å². The molecule has 0 radical (unpaired) electrons. The Labute approximate surface area is 102 Å². The summed E-state index contributed by atoms with van der Waals surface area (Å²) in [5.74, 6) is -0.239. The molecule has 0 aromatic rings. The molecule has 0 spiro atoms. The number of nitrogens with two attached hydrogens (primary N) is 1. The minimum atomic E-state index is -0.359. The summed E-state index contributed by atoms with van der Waals surface area (Å²) in [6.45, 7) is 2.50. The van der Waals surface area contributed by atoms with Crippen LogP contribution in [0.15, 0.2) is 12.2 Å². The average Bonchev–Trinajstić information content (AvgIpc) is 2.49. The lowest BCUT2D eigenvalue weighted by Crippen LogP contribution is -2.46. The Morgan fingerprint density at radius 1 is 1.59 bits per heavy atom.